The Kier molecular flexibility index (Phi) is 9.22. The van der Waals surface area contributed by atoms with Gasteiger partial charge in [0.2, 0.25) is 16.0 Å². The molecular weight excluding hydrogens is 586 g/mol. The minimum absolute atomic E-state index is 0.0242. The first-order valence-corrected chi connectivity index (χ1v) is 17.2. The molecule has 43 heavy (non-hydrogen) atoms. The fourth-order valence-corrected chi connectivity index (χ4v) is 7.68. The second kappa shape index (κ2) is 13.3. The third-order valence-corrected chi connectivity index (χ3v) is 10.3. The van der Waals surface area contributed by atoms with Crippen molar-refractivity contribution >= 4 is 50.5 Å². The molecule has 1 saturated carbocycles. The normalized spacial score (nSPS) is 19.4. The monoisotopic (exact) mass is 625 g/mol. The average molecular weight is 626 g/mol. The van der Waals surface area contributed by atoms with E-state index in [1.807, 2.05) is 13.0 Å². The lowest BCUT2D eigenvalue weighted by Crippen LogP contribution is -2.39. The summed E-state index contributed by atoms with van der Waals surface area (Å²) in [5, 5.41) is 6.67. The largest absolute Gasteiger partial charge is 0.492 e. The minimum Gasteiger partial charge on any atom is -0.492 e. The molecule has 3 N–H and O–H groups in total. The van der Waals surface area contributed by atoms with E-state index in [4.69, 9.17) is 16.3 Å². The number of aromatic nitrogens is 2. The van der Waals surface area contributed by atoms with Gasteiger partial charge in [0, 0.05) is 36.9 Å². The Morgan fingerprint density at radius 3 is 2.56 bits per heavy atom. The molecule has 3 heterocycles. The molecule has 6 rings (SSSR count). The summed E-state index contributed by atoms with van der Waals surface area (Å²) in [7, 11) is -3.71. The van der Waals surface area contributed by atoms with E-state index in [0.29, 0.717) is 30.1 Å². The van der Waals surface area contributed by atoms with Crippen LogP contribution in [0.5, 0.6) is 5.75 Å². The standard InChI is InChI=1S/C31H40ClN7O3S/c1-2-42-28-19-23(39-18-8-11-24(39)21-38-16-5-6-17-38)14-15-26(28)35-31-33-20-25(32)30(36-31)34-27-12-3-4-13-29(27)43(40,41)37-22-9-7-10-22/h3-4,12-15,19-20,22,24,37H,2,5-11,16-18,21H2,1H3,(H2,33,34,35,36)/t24-/m0/s1. The van der Waals surface area contributed by atoms with Gasteiger partial charge in [-0.1, -0.05) is 30.2 Å². The summed E-state index contributed by atoms with van der Waals surface area (Å²) in [6, 6.07) is 13.4. The minimum atomic E-state index is -3.71. The molecule has 1 atom stereocenters. The van der Waals surface area contributed by atoms with Gasteiger partial charge < -0.3 is 25.2 Å². The van der Waals surface area contributed by atoms with Crippen molar-refractivity contribution in [3.8, 4) is 5.75 Å². The summed E-state index contributed by atoms with van der Waals surface area (Å²) in [6.45, 7) is 7.04. The van der Waals surface area contributed by atoms with Gasteiger partial charge in [0.25, 0.3) is 0 Å². The van der Waals surface area contributed by atoms with E-state index in [9.17, 15) is 8.42 Å². The van der Waals surface area contributed by atoms with E-state index in [1.165, 1.54) is 45.0 Å². The zero-order valence-corrected chi connectivity index (χ0v) is 26.1. The van der Waals surface area contributed by atoms with E-state index < -0.39 is 10.0 Å². The van der Waals surface area contributed by atoms with Crippen LogP contribution in [-0.2, 0) is 10.0 Å². The molecule has 10 nitrogen and oxygen atoms in total. The number of hydrogen-bond acceptors (Lipinski definition) is 9. The van der Waals surface area contributed by atoms with Crippen molar-refractivity contribution in [1.29, 1.82) is 0 Å². The number of rotatable bonds is 12. The molecule has 3 aromatic rings. The summed E-state index contributed by atoms with van der Waals surface area (Å²) in [5.74, 6) is 1.32. The quantitative estimate of drug-likeness (QED) is 0.226. The Hall–Kier alpha value is -3.12. The van der Waals surface area contributed by atoms with Gasteiger partial charge in [-0.3, -0.25) is 0 Å². The van der Waals surface area contributed by atoms with Crippen LogP contribution in [0.15, 0.2) is 53.6 Å². The Bertz CT molecular complexity index is 1530. The van der Waals surface area contributed by atoms with Gasteiger partial charge in [0.15, 0.2) is 5.82 Å². The second-order valence-corrected chi connectivity index (χ2v) is 13.6. The molecule has 3 fully saturated rings. The first kappa shape index (κ1) is 29.9. The van der Waals surface area contributed by atoms with Crippen LogP contribution in [0.3, 0.4) is 0 Å². The van der Waals surface area contributed by atoms with Crippen molar-refractivity contribution in [3.05, 3.63) is 53.7 Å². The van der Waals surface area contributed by atoms with Gasteiger partial charge in [-0.15, -0.1) is 0 Å². The van der Waals surface area contributed by atoms with Crippen LogP contribution in [0.4, 0.5) is 28.8 Å². The fourth-order valence-electron chi connectivity index (χ4n) is 6.07. The van der Waals surface area contributed by atoms with Gasteiger partial charge >= 0.3 is 0 Å². The SMILES string of the molecule is CCOc1cc(N2CCC[C@H]2CN2CCCC2)ccc1Nc1ncc(Cl)c(Nc2ccccc2S(=O)(=O)NC2CCC2)n1. The molecule has 1 aliphatic carbocycles. The summed E-state index contributed by atoms with van der Waals surface area (Å²) in [4.78, 5) is 14.2. The second-order valence-electron chi connectivity index (χ2n) is 11.5. The molecule has 0 spiro atoms. The van der Waals surface area contributed by atoms with Crippen molar-refractivity contribution in [2.45, 2.75) is 68.8 Å². The van der Waals surface area contributed by atoms with Crippen LogP contribution in [0.25, 0.3) is 0 Å². The van der Waals surface area contributed by atoms with Gasteiger partial charge in [-0.25, -0.2) is 18.1 Å². The van der Waals surface area contributed by atoms with E-state index in [1.54, 1.807) is 24.3 Å². The molecule has 0 unspecified atom stereocenters. The third-order valence-electron chi connectivity index (χ3n) is 8.49. The average Bonchev–Trinajstić information content (AvgIpc) is 3.67. The van der Waals surface area contributed by atoms with Crippen molar-refractivity contribution in [1.82, 2.24) is 19.6 Å². The lowest BCUT2D eigenvalue weighted by atomic mass is 9.94. The lowest BCUT2D eigenvalue weighted by molar-refractivity contribution is 0.313. The predicted octanol–water partition coefficient (Wildman–Crippen LogP) is 5.91. The van der Waals surface area contributed by atoms with Crippen LogP contribution < -0.4 is 25.0 Å². The number of nitrogens with zero attached hydrogens (tertiary/aromatic N) is 4. The molecule has 0 bridgehead atoms. The molecule has 3 aliphatic rings. The van der Waals surface area contributed by atoms with Crippen molar-refractivity contribution in [2.24, 2.45) is 0 Å². The van der Waals surface area contributed by atoms with Gasteiger partial charge in [-0.05, 0) is 82.8 Å². The summed E-state index contributed by atoms with van der Waals surface area (Å²) in [6.07, 6.45) is 9.22. The van der Waals surface area contributed by atoms with Crippen LogP contribution in [0.1, 0.15) is 51.9 Å². The number of nitrogens with one attached hydrogen (secondary N) is 3. The van der Waals surface area contributed by atoms with Crippen LogP contribution in [-0.4, -0.2) is 68.2 Å². The highest BCUT2D eigenvalue weighted by Gasteiger charge is 2.29. The Morgan fingerprint density at radius 2 is 1.79 bits per heavy atom. The Morgan fingerprint density at radius 1 is 0.977 bits per heavy atom. The van der Waals surface area contributed by atoms with E-state index in [0.717, 1.165) is 49.5 Å². The van der Waals surface area contributed by atoms with E-state index in [-0.39, 0.29) is 16.0 Å². The highest BCUT2D eigenvalue weighted by Crippen LogP contribution is 2.36. The highest BCUT2D eigenvalue weighted by atomic mass is 35.5. The number of hydrogen-bond donors (Lipinski definition) is 3. The topological polar surface area (TPSA) is 112 Å². The number of anilines is 5. The number of benzene rings is 2. The Balaban J connectivity index is 1.21. The summed E-state index contributed by atoms with van der Waals surface area (Å²) >= 11 is 6.47. The maximum atomic E-state index is 13.1. The van der Waals surface area contributed by atoms with Crippen molar-refractivity contribution in [3.63, 3.8) is 0 Å². The maximum absolute atomic E-state index is 13.1. The summed E-state index contributed by atoms with van der Waals surface area (Å²) < 4.78 is 35.1. The molecule has 12 heteroatoms. The molecule has 2 aromatic carbocycles. The van der Waals surface area contributed by atoms with Crippen LogP contribution >= 0.6 is 11.6 Å². The lowest BCUT2D eigenvalue weighted by Gasteiger charge is -2.30. The maximum Gasteiger partial charge on any atom is 0.242 e. The molecule has 0 amide bonds. The highest BCUT2D eigenvalue weighted by molar-refractivity contribution is 7.89. The molecule has 2 saturated heterocycles. The zero-order valence-electron chi connectivity index (χ0n) is 24.6. The number of likely N-dealkylation sites (tertiary alicyclic amines) is 1. The molecular formula is C31H40ClN7O3S. The first-order valence-electron chi connectivity index (χ1n) is 15.3. The first-order chi connectivity index (χ1) is 20.9. The molecule has 2 aliphatic heterocycles. The van der Waals surface area contributed by atoms with Crippen molar-refractivity contribution in [2.75, 3.05) is 48.3 Å². The number of ether oxygens (including phenoxy) is 1. The van der Waals surface area contributed by atoms with Crippen molar-refractivity contribution < 1.29 is 13.2 Å². The Labute approximate surface area is 259 Å². The predicted molar refractivity (Wildman–Crippen MR) is 172 cm³/mol. The molecule has 0 radical (unpaired) electrons. The zero-order chi connectivity index (χ0) is 29.8. The molecule has 230 valence electrons. The van der Waals surface area contributed by atoms with Crippen LogP contribution in [0.2, 0.25) is 5.02 Å². The van der Waals surface area contributed by atoms with E-state index >= 15 is 0 Å². The number of sulfonamides is 1. The number of halogens is 1. The fraction of sp³-hybridized carbons (Fsp3) is 0.484. The summed E-state index contributed by atoms with van der Waals surface area (Å²) in [5.41, 5.74) is 2.28. The van der Waals surface area contributed by atoms with Gasteiger partial charge in [0.05, 0.1) is 24.2 Å². The smallest absolute Gasteiger partial charge is 0.242 e. The van der Waals surface area contributed by atoms with E-state index in [2.05, 4.69) is 47.3 Å². The van der Waals surface area contributed by atoms with Crippen LogP contribution in [0, 0.1) is 0 Å². The van der Waals surface area contributed by atoms with Gasteiger partial charge in [0.1, 0.15) is 15.7 Å². The third kappa shape index (κ3) is 7.01. The molecule has 1 aromatic heterocycles. The van der Waals surface area contributed by atoms with Gasteiger partial charge in [-0.2, -0.15) is 4.98 Å². The number of para-hydroxylation sites is 1.